The minimum atomic E-state index is -1.18. The SMILES string of the molecule is Cc1cccc(Oc2ccccc2)c1P(c1ccccc1N=Cc1c(C(C)C)cccc1C(C)C)c1c(C)cccc1OC(C)(C)C. The summed E-state index contributed by atoms with van der Waals surface area (Å²) in [5, 5.41) is 3.50. The molecule has 47 heavy (non-hydrogen) atoms. The molecule has 0 bridgehead atoms. The summed E-state index contributed by atoms with van der Waals surface area (Å²) in [7, 11) is -1.18. The first kappa shape index (κ1) is 34.1. The fourth-order valence-electron chi connectivity index (χ4n) is 5.95. The first-order valence-corrected chi connectivity index (χ1v) is 18.0. The zero-order valence-electron chi connectivity index (χ0n) is 29.3. The molecule has 0 saturated heterocycles. The van der Waals surface area contributed by atoms with Crippen LogP contribution in [0.1, 0.15) is 88.1 Å². The maximum atomic E-state index is 6.73. The summed E-state index contributed by atoms with van der Waals surface area (Å²) in [6, 6.07) is 38.0. The highest BCUT2D eigenvalue weighted by atomic mass is 31.1. The molecule has 0 aliphatic carbocycles. The molecule has 0 aromatic heterocycles. The Hall–Kier alpha value is -4.20. The third-order valence-corrected chi connectivity index (χ3v) is 11.0. The highest BCUT2D eigenvalue weighted by Gasteiger charge is 2.30. The lowest BCUT2D eigenvalue weighted by Gasteiger charge is -2.30. The van der Waals surface area contributed by atoms with Gasteiger partial charge in [-0.25, -0.2) is 0 Å². The van der Waals surface area contributed by atoms with Gasteiger partial charge in [-0.1, -0.05) is 107 Å². The molecule has 0 aliphatic heterocycles. The number of hydrogen-bond acceptors (Lipinski definition) is 3. The molecule has 4 heteroatoms. The number of aliphatic imine (C=N–C) groups is 1. The highest BCUT2D eigenvalue weighted by Crippen LogP contribution is 2.45. The van der Waals surface area contributed by atoms with E-state index in [2.05, 4.69) is 147 Å². The second kappa shape index (κ2) is 14.7. The lowest BCUT2D eigenvalue weighted by atomic mass is 9.89. The minimum absolute atomic E-state index is 0.371. The maximum Gasteiger partial charge on any atom is 0.136 e. The van der Waals surface area contributed by atoms with Crippen LogP contribution in [0.25, 0.3) is 0 Å². The normalized spacial score (nSPS) is 12.6. The molecule has 0 N–H and O–H groups in total. The molecule has 0 amide bonds. The van der Waals surface area contributed by atoms with Gasteiger partial charge in [-0.05, 0) is 113 Å². The summed E-state index contributed by atoms with van der Waals surface area (Å²) in [5.74, 6) is 3.32. The van der Waals surface area contributed by atoms with Gasteiger partial charge < -0.3 is 9.47 Å². The number of hydrogen-bond donors (Lipinski definition) is 0. The number of para-hydroxylation sites is 2. The van der Waals surface area contributed by atoms with Crippen molar-refractivity contribution in [2.45, 2.75) is 79.8 Å². The Balaban J connectivity index is 1.79. The van der Waals surface area contributed by atoms with E-state index in [1.54, 1.807) is 0 Å². The lowest BCUT2D eigenvalue weighted by Crippen LogP contribution is -2.30. The maximum absolute atomic E-state index is 6.73. The van der Waals surface area contributed by atoms with Crippen LogP contribution in [-0.2, 0) is 0 Å². The minimum Gasteiger partial charge on any atom is -0.487 e. The molecule has 5 aromatic rings. The number of benzene rings is 5. The Labute approximate surface area is 283 Å². The summed E-state index contributed by atoms with van der Waals surface area (Å²) < 4.78 is 13.4. The molecule has 0 radical (unpaired) electrons. The average molecular weight is 642 g/mol. The number of rotatable bonds is 10. The van der Waals surface area contributed by atoms with Crippen molar-refractivity contribution in [2.75, 3.05) is 0 Å². The quantitative estimate of drug-likeness (QED) is 0.112. The van der Waals surface area contributed by atoms with Crippen molar-refractivity contribution < 1.29 is 9.47 Å². The molecule has 242 valence electrons. The van der Waals surface area contributed by atoms with Crippen LogP contribution in [0.5, 0.6) is 17.2 Å². The topological polar surface area (TPSA) is 30.8 Å². The predicted molar refractivity (Wildman–Crippen MR) is 203 cm³/mol. The van der Waals surface area contributed by atoms with E-state index < -0.39 is 7.92 Å². The average Bonchev–Trinajstić information content (AvgIpc) is 3.02. The Morgan fingerprint density at radius 2 is 1.15 bits per heavy atom. The second-order valence-electron chi connectivity index (χ2n) is 13.7. The Bertz CT molecular complexity index is 1820. The molecule has 5 rings (SSSR count). The van der Waals surface area contributed by atoms with Crippen LogP contribution >= 0.6 is 7.92 Å². The van der Waals surface area contributed by atoms with Crippen molar-refractivity contribution in [3.63, 3.8) is 0 Å². The van der Waals surface area contributed by atoms with Crippen molar-refractivity contribution >= 4 is 35.7 Å². The standard InChI is InChI=1S/C43H48NO2P/c1-29(2)34-22-17-23-35(30(3)4)36(34)28-44-37-24-13-14-27-40(37)47(42-32(6)19-16-26-39(42)46-43(7,8)9)41-31(5)18-15-25-38(41)45-33-20-11-10-12-21-33/h10-30H,1-9H3. The van der Waals surface area contributed by atoms with E-state index in [1.165, 1.54) is 33.1 Å². The van der Waals surface area contributed by atoms with Crippen molar-refractivity contribution in [1.29, 1.82) is 0 Å². The van der Waals surface area contributed by atoms with E-state index in [9.17, 15) is 0 Å². The van der Waals surface area contributed by atoms with Gasteiger partial charge in [-0.2, -0.15) is 0 Å². The first-order valence-electron chi connectivity index (χ1n) is 16.6. The summed E-state index contributed by atoms with van der Waals surface area (Å²) in [5.41, 5.74) is 6.77. The summed E-state index contributed by atoms with van der Waals surface area (Å²) in [6.45, 7) is 19.7. The van der Waals surface area contributed by atoms with Gasteiger partial charge in [0.25, 0.3) is 0 Å². The third kappa shape index (κ3) is 8.03. The van der Waals surface area contributed by atoms with Gasteiger partial charge in [0.15, 0.2) is 0 Å². The smallest absolute Gasteiger partial charge is 0.136 e. The highest BCUT2D eigenvalue weighted by molar-refractivity contribution is 7.80. The molecule has 0 heterocycles. The Kier molecular flexibility index (Phi) is 10.7. The van der Waals surface area contributed by atoms with Crippen LogP contribution in [0, 0.1) is 13.8 Å². The molecular weight excluding hydrogens is 593 g/mol. The van der Waals surface area contributed by atoms with Gasteiger partial charge in [0.2, 0.25) is 0 Å². The van der Waals surface area contributed by atoms with Gasteiger partial charge in [0.05, 0.1) is 5.69 Å². The zero-order chi connectivity index (χ0) is 33.7. The van der Waals surface area contributed by atoms with Crippen LogP contribution in [0.4, 0.5) is 5.69 Å². The van der Waals surface area contributed by atoms with E-state index >= 15 is 0 Å². The molecule has 1 unspecified atom stereocenters. The van der Waals surface area contributed by atoms with Crippen LogP contribution < -0.4 is 25.4 Å². The Morgan fingerprint density at radius 3 is 1.74 bits per heavy atom. The van der Waals surface area contributed by atoms with E-state index in [4.69, 9.17) is 14.5 Å². The molecule has 5 aromatic carbocycles. The van der Waals surface area contributed by atoms with Crippen molar-refractivity contribution in [1.82, 2.24) is 0 Å². The van der Waals surface area contributed by atoms with Gasteiger partial charge in [-0.15, -0.1) is 0 Å². The van der Waals surface area contributed by atoms with Gasteiger partial charge in [0, 0.05) is 22.1 Å². The predicted octanol–water partition coefficient (Wildman–Crippen LogP) is 11.0. The van der Waals surface area contributed by atoms with Crippen molar-refractivity contribution in [3.8, 4) is 17.2 Å². The van der Waals surface area contributed by atoms with Crippen LogP contribution in [0.3, 0.4) is 0 Å². The molecule has 1 atom stereocenters. The summed E-state index contributed by atoms with van der Waals surface area (Å²) in [6.07, 6.45) is 2.10. The largest absolute Gasteiger partial charge is 0.487 e. The summed E-state index contributed by atoms with van der Waals surface area (Å²) >= 11 is 0. The van der Waals surface area contributed by atoms with Crippen LogP contribution in [-0.4, -0.2) is 11.8 Å². The third-order valence-electron chi connectivity index (χ3n) is 8.11. The molecular formula is C43H48NO2P. The molecule has 0 spiro atoms. The monoisotopic (exact) mass is 641 g/mol. The van der Waals surface area contributed by atoms with Crippen molar-refractivity contribution in [3.05, 3.63) is 137 Å². The summed E-state index contributed by atoms with van der Waals surface area (Å²) in [4.78, 5) is 5.32. The van der Waals surface area contributed by atoms with E-state index in [-0.39, 0.29) is 5.60 Å². The van der Waals surface area contributed by atoms with Gasteiger partial charge >= 0.3 is 0 Å². The van der Waals surface area contributed by atoms with E-state index in [1.807, 2.05) is 30.3 Å². The molecule has 0 aliphatic rings. The lowest BCUT2D eigenvalue weighted by molar-refractivity contribution is 0.132. The second-order valence-corrected chi connectivity index (χ2v) is 15.8. The molecule has 0 saturated carbocycles. The first-order chi connectivity index (χ1) is 22.4. The van der Waals surface area contributed by atoms with Gasteiger partial charge in [0.1, 0.15) is 22.8 Å². The van der Waals surface area contributed by atoms with Gasteiger partial charge in [-0.3, -0.25) is 4.99 Å². The molecule has 3 nitrogen and oxygen atoms in total. The van der Waals surface area contributed by atoms with Crippen molar-refractivity contribution in [2.24, 2.45) is 4.99 Å². The fraction of sp³-hybridized carbons (Fsp3) is 0.279. The number of ether oxygens (including phenoxy) is 2. The van der Waals surface area contributed by atoms with E-state index in [0.29, 0.717) is 11.8 Å². The van der Waals surface area contributed by atoms with Crippen LogP contribution in [0.15, 0.2) is 114 Å². The van der Waals surface area contributed by atoms with Crippen LogP contribution in [0.2, 0.25) is 0 Å². The fourth-order valence-corrected chi connectivity index (χ4v) is 8.79. The number of nitrogens with zero attached hydrogens (tertiary/aromatic N) is 1. The molecule has 0 fully saturated rings. The Morgan fingerprint density at radius 1 is 0.617 bits per heavy atom. The van der Waals surface area contributed by atoms with E-state index in [0.717, 1.165) is 33.5 Å². The zero-order valence-corrected chi connectivity index (χ0v) is 30.2. The number of aryl methyl sites for hydroxylation is 2.